The maximum absolute atomic E-state index is 13.7. The average molecular weight is 518 g/mol. The molecule has 1 atom stereocenters. The second-order valence-electron chi connectivity index (χ2n) is 10.5. The van der Waals surface area contributed by atoms with Gasteiger partial charge in [0.25, 0.3) is 0 Å². The number of carbonyl (C=O) groups is 2. The lowest BCUT2D eigenvalue weighted by Crippen LogP contribution is -2.39. The fourth-order valence-corrected chi connectivity index (χ4v) is 5.49. The van der Waals surface area contributed by atoms with Crippen LogP contribution in [0.25, 0.3) is 11.0 Å². The summed E-state index contributed by atoms with van der Waals surface area (Å²) in [6, 6.07) is 14.5. The van der Waals surface area contributed by atoms with E-state index in [2.05, 4.69) is 5.32 Å². The number of Topliss-reactive ketones (excluding diaryl/α,β-unsaturated/α-hetero) is 1. The van der Waals surface area contributed by atoms with Gasteiger partial charge in [-0.1, -0.05) is 55.8 Å². The van der Waals surface area contributed by atoms with Crippen LogP contribution >= 0.6 is 11.6 Å². The highest BCUT2D eigenvalue weighted by Gasteiger charge is 2.44. The number of benzene rings is 2. The molecule has 0 saturated carbocycles. The number of ketones is 1. The van der Waals surface area contributed by atoms with Crippen LogP contribution in [0.2, 0.25) is 5.02 Å². The molecule has 0 amide bonds. The lowest BCUT2D eigenvalue weighted by atomic mass is 9.68. The topological polar surface area (TPSA) is 85.6 Å². The maximum atomic E-state index is 13.7. The van der Waals surface area contributed by atoms with Crippen molar-refractivity contribution >= 4 is 34.3 Å². The largest absolute Gasteiger partial charge is 0.464 e. The molecule has 1 N–H and O–H groups in total. The van der Waals surface area contributed by atoms with Crippen molar-refractivity contribution in [2.24, 2.45) is 5.41 Å². The molecular weight excluding hydrogens is 490 g/mol. The highest BCUT2D eigenvalue weighted by molar-refractivity contribution is 6.31. The molecule has 2 heterocycles. The molecule has 0 saturated heterocycles. The zero-order valence-corrected chi connectivity index (χ0v) is 21.8. The Balaban J connectivity index is 1.58. The molecule has 5 rings (SSSR count). The molecule has 1 aliphatic heterocycles. The third kappa shape index (κ3) is 4.86. The van der Waals surface area contributed by atoms with Crippen LogP contribution in [0.3, 0.4) is 0 Å². The van der Waals surface area contributed by atoms with Gasteiger partial charge in [-0.2, -0.15) is 0 Å². The number of ether oxygens (including phenoxy) is 1. The van der Waals surface area contributed by atoms with Crippen LogP contribution in [-0.2, 0) is 20.7 Å². The van der Waals surface area contributed by atoms with E-state index in [0.29, 0.717) is 46.5 Å². The van der Waals surface area contributed by atoms with Gasteiger partial charge in [-0.3, -0.25) is 9.59 Å². The smallest absolute Gasteiger partial charge is 0.336 e. The SMILES string of the molecule is CC1=C(C(=O)OCCc2ccccc2)[C@@H](c2coc3ccc(Cl)cc3c2=O)C2=C(CC(C)(C)CC2=O)N1. The van der Waals surface area contributed by atoms with E-state index >= 15 is 0 Å². The van der Waals surface area contributed by atoms with E-state index in [1.807, 2.05) is 44.2 Å². The molecule has 0 unspecified atom stereocenters. The molecule has 2 aliphatic rings. The number of fused-ring (bicyclic) bond motifs is 1. The van der Waals surface area contributed by atoms with Crippen molar-refractivity contribution in [1.29, 1.82) is 0 Å². The Morgan fingerprint density at radius 1 is 1.14 bits per heavy atom. The van der Waals surface area contributed by atoms with Gasteiger partial charge in [0, 0.05) is 40.4 Å². The number of halogens is 1. The van der Waals surface area contributed by atoms with Crippen LogP contribution in [0.1, 0.15) is 50.7 Å². The summed E-state index contributed by atoms with van der Waals surface area (Å²) in [4.78, 5) is 40.7. The quantitative estimate of drug-likeness (QED) is 0.428. The van der Waals surface area contributed by atoms with Crippen molar-refractivity contribution < 1.29 is 18.7 Å². The minimum atomic E-state index is -0.899. The molecule has 7 heteroatoms. The summed E-state index contributed by atoms with van der Waals surface area (Å²) in [5, 5.41) is 3.98. The summed E-state index contributed by atoms with van der Waals surface area (Å²) in [5.74, 6) is -1.57. The molecular formula is C30H28ClNO5. The molecule has 190 valence electrons. The van der Waals surface area contributed by atoms with Crippen LogP contribution < -0.4 is 10.7 Å². The van der Waals surface area contributed by atoms with E-state index in [0.717, 1.165) is 11.3 Å². The van der Waals surface area contributed by atoms with Gasteiger partial charge < -0.3 is 14.5 Å². The Morgan fingerprint density at radius 3 is 2.65 bits per heavy atom. The molecule has 0 spiro atoms. The standard InChI is InChI=1S/C30H28ClNO5/c1-17-25(29(35)36-12-11-18-7-5-4-6-8-18)26(27-22(32-17)14-30(2,3)15-23(27)33)21-16-37-24-10-9-19(31)13-20(24)28(21)34/h4-10,13,16,26,32H,11-12,14-15H2,1-3H3/t26-/m1/s1. The van der Waals surface area contributed by atoms with Gasteiger partial charge in [0.15, 0.2) is 11.2 Å². The summed E-state index contributed by atoms with van der Waals surface area (Å²) in [6.45, 7) is 6.01. The van der Waals surface area contributed by atoms with E-state index < -0.39 is 11.9 Å². The molecule has 3 aromatic rings. The molecule has 37 heavy (non-hydrogen) atoms. The van der Waals surface area contributed by atoms with Crippen molar-refractivity contribution in [1.82, 2.24) is 5.32 Å². The Bertz CT molecular complexity index is 1530. The van der Waals surface area contributed by atoms with Crippen LogP contribution in [0.4, 0.5) is 0 Å². The number of hydrogen-bond donors (Lipinski definition) is 1. The lowest BCUT2D eigenvalue weighted by molar-refractivity contribution is -0.139. The van der Waals surface area contributed by atoms with E-state index in [1.54, 1.807) is 25.1 Å². The first-order valence-corrected chi connectivity index (χ1v) is 12.7. The predicted octanol–water partition coefficient (Wildman–Crippen LogP) is 5.84. The minimum Gasteiger partial charge on any atom is -0.464 e. The fraction of sp³-hybridized carbons (Fsp3) is 0.300. The first-order chi connectivity index (χ1) is 17.6. The van der Waals surface area contributed by atoms with Crippen LogP contribution in [-0.4, -0.2) is 18.4 Å². The van der Waals surface area contributed by atoms with Gasteiger partial charge in [0.2, 0.25) is 0 Å². The monoisotopic (exact) mass is 517 g/mol. The summed E-state index contributed by atoms with van der Waals surface area (Å²) < 4.78 is 11.5. The third-order valence-electron chi connectivity index (χ3n) is 7.00. The number of esters is 1. The Morgan fingerprint density at radius 2 is 1.89 bits per heavy atom. The minimum absolute atomic E-state index is 0.101. The number of nitrogens with one attached hydrogen (secondary N) is 1. The molecule has 6 nitrogen and oxygen atoms in total. The van der Waals surface area contributed by atoms with E-state index in [4.69, 9.17) is 20.8 Å². The third-order valence-corrected chi connectivity index (χ3v) is 7.23. The number of rotatable bonds is 5. The first-order valence-electron chi connectivity index (χ1n) is 12.3. The van der Waals surface area contributed by atoms with Crippen molar-refractivity contribution in [3.8, 4) is 0 Å². The zero-order valence-electron chi connectivity index (χ0n) is 21.0. The Labute approximate surface area is 220 Å². The molecule has 0 radical (unpaired) electrons. The van der Waals surface area contributed by atoms with Crippen molar-refractivity contribution in [2.45, 2.75) is 46.0 Å². The van der Waals surface area contributed by atoms with Gasteiger partial charge in [-0.25, -0.2) is 4.79 Å². The number of hydrogen-bond acceptors (Lipinski definition) is 6. The van der Waals surface area contributed by atoms with Crippen molar-refractivity contribution in [2.75, 3.05) is 6.61 Å². The van der Waals surface area contributed by atoms with Crippen molar-refractivity contribution in [3.63, 3.8) is 0 Å². The Kier molecular flexibility index (Phi) is 6.54. The Hall–Kier alpha value is -3.64. The number of dihydropyridines is 1. The normalized spacial score (nSPS) is 19.0. The lowest BCUT2D eigenvalue weighted by Gasteiger charge is -2.39. The van der Waals surface area contributed by atoms with E-state index in [1.165, 1.54) is 6.26 Å². The summed E-state index contributed by atoms with van der Waals surface area (Å²) in [7, 11) is 0. The fourth-order valence-electron chi connectivity index (χ4n) is 5.32. The van der Waals surface area contributed by atoms with Gasteiger partial charge >= 0.3 is 5.97 Å². The molecule has 0 bridgehead atoms. The zero-order chi connectivity index (χ0) is 26.3. The van der Waals surface area contributed by atoms with Gasteiger partial charge in [-0.15, -0.1) is 0 Å². The van der Waals surface area contributed by atoms with Crippen molar-refractivity contribution in [3.05, 3.63) is 104 Å². The van der Waals surface area contributed by atoms with E-state index in [9.17, 15) is 14.4 Å². The predicted molar refractivity (Wildman–Crippen MR) is 142 cm³/mol. The van der Waals surface area contributed by atoms with Gasteiger partial charge in [0.05, 0.1) is 29.7 Å². The van der Waals surface area contributed by atoms with Gasteiger partial charge in [-0.05, 0) is 42.5 Å². The first kappa shape index (κ1) is 25.0. The van der Waals surface area contributed by atoms with Crippen LogP contribution in [0, 0.1) is 5.41 Å². The summed E-state index contributed by atoms with van der Waals surface area (Å²) in [6.07, 6.45) is 2.83. The van der Waals surface area contributed by atoms with Crippen LogP contribution in [0.15, 0.2) is 86.5 Å². The van der Waals surface area contributed by atoms with E-state index in [-0.39, 0.29) is 34.4 Å². The van der Waals surface area contributed by atoms with Gasteiger partial charge in [0.1, 0.15) is 5.58 Å². The van der Waals surface area contributed by atoms with Crippen LogP contribution in [0.5, 0.6) is 0 Å². The molecule has 1 aliphatic carbocycles. The molecule has 0 fully saturated rings. The highest BCUT2D eigenvalue weighted by atomic mass is 35.5. The average Bonchev–Trinajstić information content (AvgIpc) is 2.83. The summed E-state index contributed by atoms with van der Waals surface area (Å²) in [5.41, 5.74) is 3.02. The number of carbonyl (C=O) groups excluding carboxylic acids is 2. The highest BCUT2D eigenvalue weighted by Crippen LogP contribution is 2.46. The number of allylic oxidation sites excluding steroid dienone is 3. The maximum Gasteiger partial charge on any atom is 0.336 e. The summed E-state index contributed by atoms with van der Waals surface area (Å²) >= 11 is 6.17. The molecule has 1 aromatic heterocycles. The second-order valence-corrected chi connectivity index (χ2v) is 10.9. The molecule has 2 aromatic carbocycles. The second kappa shape index (κ2) is 9.67.